The Morgan fingerprint density at radius 3 is 1.97 bits per heavy atom. The van der Waals surface area contributed by atoms with E-state index in [0.717, 1.165) is 30.7 Å². The fourth-order valence-electron chi connectivity index (χ4n) is 3.27. The van der Waals surface area contributed by atoms with Crippen LogP contribution in [0.3, 0.4) is 0 Å². The lowest BCUT2D eigenvalue weighted by Crippen LogP contribution is -1.96. The van der Waals surface area contributed by atoms with E-state index in [9.17, 15) is 22.0 Å². The van der Waals surface area contributed by atoms with E-state index in [2.05, 4.69) is 23.7 Å². The minimum absolute atomic E-state index is 0.0134. The first-order chi connectivity index (χ1) is 16.8. The maximum absolute atomic E-state index is 14.5. The molecular formula is C29H17F5O. The fraction of sp³-hybridized carbons (Fsp3) is 0.103. The van der Waals surface area contributed by atoms with E-state index in [-0.39, 0.29) is 11.1 Å². The van der Waals surface area contributed by atoms with Crippen LogP contribution in [-0.4, -0.2) is 6.61 Å². The molecule has 4 aromatic carbocycles. The van der Waals surface area contributed by atoms with E-state index in [1.165, 1.54) is 30.3 Å². The van der Waals surface area contributed by atoms with Crippen molar-refractivity contribution in [1.29, 1.82) is 0 Å². The van der Waals surface area contributed by atoms with Gasteiger partial charge in [0, 0.05) is 17.2 Å². The Balaban J connectivity index is 1.58. The van der Waals surface area contributed by atoms with Gasteiger partial charge in [-0.15, -0.1) is 0 Å². The van der Waals surface area contributed by atoms with Crippen LogP contribution in [0.5, 0.6) is 5.75 Å². The van der Waals surface area contributed by atoms with Crippen molar-refractivity contribution in [2.45, 2.75) is 13.3 Å². The van der Waals surface area contributed by atoms with E-state index in [0.29, 0.717) is 28.7 Å². The minimum Gasteiger partial charge on any atom is -0.494 e. The molecule has 0 saturated carbocycles. The molecule has 0 spiro atoms. The number of hydrogen-bond acceptors (Lipinski definition) is 1. The lowest BCUT2D eigenvalue weighted by Gasteiger charge is -2.04. The largest absolute Gasteiger partial charge is 0.494 e. The molecule has 0 atom stereocenters. The summed E-state index contributed by atoms with van der Waals surface area (Å²) in [5.41, 5.74) is -0.0248. The molecule has 0 radical (unpaired) electrons. The maximum atomic E-state index is 14.5. The van der Waals surface area contributed by atoms with E-state index < -0.39 is 34.6 Å². The van der Waals surface area contributed by atoms with Crippen molar-refractivity contribution in [1.82, 2.24) is 0 Å². The summed E-state index contributed by atoms with van der Waals surface area (Å²) < 4.78 is 75.5. The van der Waals surface area contributed by atoms with Crippen molar-refractivity contribution < 1.29 is 26.7 Å². The number of hydrogen-bond donors (Lipinski definition) is 0. The Morgan fingerprint density at radius 1 is 0.600 bits per heavy atom. The summed E-state index contributed by atoms with van der Waals surface area (Å²) in [5.74, 6) is 6.11. The fourth-order valence-corrected chi connectivity index (χ4v) is 3.27. The highest BCUT2D eigenvalue weighted by Gasteiger charge is 2.09. The lowest BCUT2D eigenvalue weighted by atomic mass is 10.1. The van der Waals surface area contributed by atoms with Crippen LogP contribution in [0.1, 0.15) is 35.6 Å². The van der Waals surface area contributed by atoms with Crippen LogP contribution in [-0.2, 0) is 0 Å². The Labute approximate surface area is 199 Å². The molecule has 0 aliphatic carbocycles. The van der Waals surface area contributed by atoms with Gasteiger partial charge in [-0.2, -0.15) is 0 Å². The van der Waals surface area contributed by atoms with Gasteiger partial charge in [0.1, 0.15) is 23.2 Å². The van der Waals surface area contributed by atoms with Crippen molar-refractivity contribution in [2.24, 2.45) is 0 Å². The summed E-state index contributed by atoms with van der Waals surface area (Å²) in [6.45, 7) is 2.39. The molecule has 4 rings (SSSR count). The van der Waals surface area contributed by atoms with Gasteiger partial charge in [-0.25, -0.2) is 22.0 Å². The van der Waals surface area contributed by atoms with Crippen molar-refractivity contribution >= 4 is 10.8 Å². The Morgan fingerprint density at radius 2 is 1.29 bits per heavy atom. The monoisotopic (exact) mass is 476 g/mol. The zero-order valence-corrected chi connectivity index (χ0v) is 18.5. The molecule has 0 N–H and O–H groups in total. The molecule has 1 nitrogen and oxygen atoms in total. The molecule has 174 valence electrons. The van der Waals surface area contributed by atoms with Crippen LogP contribution in [0.4, 0.5) is 22.0 Å². The van der Waals surface area contributed by atoms with Crippen molar-refractivity contribution in [3.8, 4) is 29.4 Å². The van der Waals surface area contributed by atoms with E-state index in [1.807, 2.05) is 6.92 Å². The molecule has 0 aliphatic heterocycles. The normalized spacial score (nSPS) is 10.3. The average Bonchev–Trinajstić information content (AvgIpc) is 2.82. The highest BCUT2D eigenvalue weighted by molar-refractivity contribution is 5.84. The Hall–Kier alpha value is -4.29. The van der Waals surface area contributed by atoms with Crippen LogP contribution in [0.25, 0.3) is 10.8 Å². The van der Waals surface area contributed by atoms with Gasteiger partial charge in [0.25, 0.3) is 0 Å². The second-order valence-electron chi connectivity index (χ2n) is 7.63. The summed E-state index contributed by atoms with van der Waals surface area (Å²) in [4.78, 5) is 0. The molecule has 0 bridgehead atoms. The molecule has 35 heavy (non-hydrogen) atoms. The first-order valence-electron chi connectivity index (χ1n) is 10.7. The van der Waals surface area contributed by atoms with E-state index in [1.54, 1.807) is 6.07 Å². The second-order valence-corrected chi connectivity index (χ2v) is 7.63. The summed E-state index contributed by atoms with van der Waals surface area (Å²) in [5, 5.41) is 0.869. The molecule has 0 fully saturated rings. The molecule has 0 amide bonds. The smallest absolute Gasteiger partial charge is 0.159 e. The molecule has 0 aliphatic rings. The van der Waals surface area contributed by atoms with Crippen molar-refractivity contribution in [3.63, 3.8) is 0 Å². The third-order valence-electron chi connectivity index (χ3n) is 5.01. The van der Waals surface area contributed by atoms with E-state index >= 15 is 0 Å². The number of halogens is 5. The Bertz CT molecular complexity index is 1530. The molecule has 0 heterocycles. The molecule has 0 saturated heterocycles. The van der Waals surface area contributed by atoms with Crippen molar-refractivity contribution in [2.75, 3.05) is 6.61 Å². The van der Waals surface area contributed by atoms with Gasteiger partial charge in [0.2, 0.25) is 0 Å². The summed E-state index contributed by atoms with van der Waals surface area (Å²) >= 11 is 0. The van der Waals surface area contributed by atoms with Crippen LogP contribution in [0, 0.1) is 52.8 Å². The average molecular weight is 476 g/mol. The summed E-state index contributed by atoms with van der Waals surface area (Å²) in [7, 11) is 0. The SMILES string of the molecule is CCCOc1ccc(C#Cc2cc(F)c(C#Cc3ccc4cc(F)c(F)cc4c3)c(F)c2)c(F)c1. The van der Waals surface area contributed by atoms with Crippen molar-refractivity contribution in [3.05, 3.63) is 112 Å². The zero-order chi connectivity index (χ0) is 24.9. The predicted octanol–water partition coefficient (Wildman–Crippen LogP) is 7.12. The van der Waals surface area contributed by atoms with Crippen LogP contribution in [0.15, 0.2) is 60.7 Å². The van der Waals surface area contributed by atoms with Gasteiger partial charge in [0.05, 0.1) is 17.7 Å². The van der Waals surface area contributed by atoms with Gasteiger partial charge >= 0.3 is 0 Å². The summed E-state index contributed by atoms with van der Waals surface area (Å²) in [6, 6.07) is 12.9. The number of benzene rings is 4. The minimum atomic E-state index is -1.00. The Kier molecular flexibility index (Phi) is 7.03. The quantitative estimate of drug-likeness (QED) is 0.226. The van der Waals surface area contributed by atoms with Gasteiger partial charge in [0.15, 0.2) is 11.6 Å². The first-order valence-corrected chi connectivity index (χ1v) is 10.7. The predicted molar refractivity (Wildman–Crippen MR) is 124 cm³/mol. The number of fused-ring (bicyclic) bond motifs is 1. The first kappa shape index (κ1) is 23.9. The third-order valence-corrected chi connectivity index (χ3v) is 5.01. The molecule has 0 unspecified atom stereocenters. The van der Waals surface area contributed by atoms with Crippen LogP contribution >= 0.6 is 0 Å². The standard InChI is InChI=1S/C29H17F5O/c1-2-11-35-23-9-8-20(25(30)17-23)6-4-19-13-26(31)24(27(32)14-19)10-5-18-3-7-21-15-28(33)29(34)16-22(21)12-18/h3,7-9,12-17H,2,11H2,1H3. The highest BCUT2D eigenvalue weighted by Crippen LogP contribution is 2.21. The number of ether oxygens (including phenoxy) is 1. The highest BCUT2D eigenvalue weighted by atomic mass is 19.2. The van der Waals surface area contributed by atoms with Crippen LogP contribution in [0.2, 0.25) is 0 Å². The van der Waals surface area contributed by atoms with Gasteiger partial charge < -0.3 is 4.74 Å². The third kappa shape index (κ3) is 5.62. The molecule has 4 aromatic rings. The molecule has 6 heteroatoms. The number of rotatable bonds is 3. The topological polar surface area (TPSA) is 9.23 Å². The van der Waals surface area contributed by atoms with Gasteiger partial charge in [-0.05, 0) is 65.7 Å². The zero-order valence-electron chi connectivity index (χ0n) is 18.5. The van der Waals surface area contributed by atoms with E-state index in [4.69, 9.17) is 4.74 Å². The lowest BCUT2D eigenvalue weighted by molar-refractivity contribution is 0.315. The second kappa shape index (κ2) is 10.3. The van der Waals surface area contributed by atoms with Gasteiger partial charge in [-0.1, -0.05) is 36.7 Å². The summed E-state index contributed by atoms with van der Waals surface area (Å²) in [6.07, 6.45) is 0.782. The molecule has 0 aromatic heterocycles. The van der Waals surface area contributed by atoms with Gasteiger partial charge in [-0.3, -0.25) is 0 Å². The molecular weight excluding hydrogens is 459 g/mol. The van der Waals surface area contributed by atoms with Crippen LogP contribution < -0.4 is 4.74 Å². The maximum Gasteiger partial charge on any atom is 0.159 e.